The van der Waals surface area contributed by atoms with Gasteiger partial charge in [0.25, 0.3) is 0 Å². The maximum absolute atomic E-state index is 13.6. The maximum atomic E-state index is 13.6. The van der Waals surface area contributed by atoms with Crippen LogP contribution in [0.4, 0.5) is 8.78 Å². The first-order chi connectivity index (χ1) is 8.92. The Morgan fingerprint density at radius 2 is 2.05 bits per heavy atom. The van der Waals surface area contributed by atoms with Gasteiger partial charge in [0.1, 0.15) is 0 Å². The van der Waals surface area contributed by atoms with E-state index in [1.54, 1.807) is 0 Å². The summed E-state index contributed by atoms with van der Waals surface area (Å²) in [5.41, 5.74) is 0.211. The van der Waals surface area contributed by atoms with Gasteiger partial charge in [-0.1, -0.05) is 34.5 Å². The minimum absolute atomic E-state index is 0.174. The Labute approximate surface area is 120 Å². The van der Waals surface area contributed by atoms with E-state index in [0.29, 0.717) is 12.8 Å². The first kappa shape index (κ1) is 14.9. The molecule has 6 heteroatoms. The van der Waals surface area contributed by atoms with Crippen LogP contribution in [0.5, 0.6) is 0 Å². The van der Waals surface area contributed by atoms with Crippen molar-refractivity contribution in [2.75, 3.05) is 5.75 Å². The monoisotopic (exact) mass is 352 g/mol. The number of hydrogen-bond donors (Lipinski definition) is 0. The molecule has 2 atom stereocenters. The molecule has 0 saturated carbocycles. The van der Waals surface area contributed by atoms with Gasteiger partial charge >= 0.3 is 0 Å². The zero-order valence-electron chi connectivity index (χ0n) is 10.3. The van der Waals surface area contributed by atoms with E-state index in [4.69, 9.17) is 0 Å². The van der Waals surface area contributed by atoms with Crippen molar-refractivity contribution in [1.82, 2.24) is 0 Å². The molecule has 1 aromatic rings. The molecule has 0 bridgehead atoms. The van der Waals surface area contributed by atoms with E-state index in [2.05, 4.69) is 15.9 Å². The summed E-state index contributed by atoms with van der Waals surface area (Å²) in [6, 6.07) is 3.98. The SMILES string of the molecule is O=S1(=O)CCCCC1C(Br)Cc1cccc(F)c1F. The second kappa shape index (κ2) is 5.87. The third-order valence-corrected chi connectivity index (χ3v) is 7.13. The van der Waals surface area contributed by atoms with Gasteiger partial charge in [-0.2, -0.15) is 0 Å². The first-order valence-corrected chi connectivity index (χ1v) is 8.83. The highest BCUT2D eigenvalue weighted by atomic mass is 79.9. The summed E-state index contributed by atoms with van der Waals surface area (Å²) in [5.74, 6) is -1.60. The predicted octanol–water partition coefficient (Wildman–Crippen LogP) is 3.24. The van der Waals surface area contributed by atoms with Crippen LogP contribution in [0.25, 0.3) is 0 Å². The largest absolute Gasteiger partial charge is 0.229 e. The Hall–Kier alpha value is -0.490. The molecule has 1 aromatic carbocycles. The molecule has 0 spiro atoms. The van der Waals surface area contributed by atoms with Crippen LogP contribution in [0.3, 0.4) is 0 Å². The number of alkyl halides is 1. The quantitative estimate of drug-likeness (QED) is 0.782. The normalized spacial score (nSPS) is 24.1. The predicted molar refractivity (Wildman–Crippen MR) is 74.2 cm³/mol. The number of rotatable bonds is 3. The summed E-state index contributed by atoms with van der Waals surface area (Å²) >= 11 is 3.34. The van der Waals surface area contributed by atoms with Crippen LogP contribution in [0, 0.1) is 11.6 Å². The lowest BCUT2D eigenvalue weighted by Crippen LogP contribution is -2.36. The van der Waals surface area contributed by atoms with Crippen LogP contribution < -0.4 is 0 Å². The van der Waals surface area contributed by atoms with E-state index < -0.39 is 26.7 Å². The van der Waals surface area contributed by atoms with Crippen LogP contribution in [0.1, 0.15) is 24.8 Å². The van der Waals surface area contributed by atoms with Crippen molar-refractivity contribution in [1.29, 1.82) is 0 Å². The molecule has 0 radical (unpaired) electrons. The zero-order valence-corrected chi connectivity index (χ0v) is 12.7. The van der Waals surface area contributed by atoms with E-state index >= 15 is 0 Å². The molecule has 1 saturated heterocycles. The molecule has 0 aliphatic carbocycles. The summed E-state index contributed by atoms with van der Waals surface area (Å²) in [4.78, 5) is -0.380. The fourth-order valence-electron chi connectivity index (χ4n) is 2.43. The molecule has 19 heavy (non-hydrogen) atoms. The smallest absolute Gasteiger partial charge is 0.162 e. The molecule has 2 rings (SSSR count). The number of sulfone groups is 1. The number of hydrogen-bond acceptors (Lipinski definition) is 2. The second-order valence-corrected chi connectivity index (χ2v) is 8.35. The van der Waals surface area contributed by atoms with Crippen molar-refractivity contribution in [3.05, 3.63) is 35.4 Å². The van der Waals surface area contributed by atoms with Crippen LogP contribution in [0.2, 0.25) is 0 Å². The lowest BCUT2D eigenvalue weighted by atomic mass is 10.0. The molecule has 1 aliphatic heterocycles. The minimum atomic E-state index is -3.13. The average Bonchev–Trinajstić information content (AvgIpc) is 2.34. The van der Waals surface area contributed by atoms with Gasteiger partial charge in [-0.05, 0) is 30.9 Å². The summed E-state index contributed by atoms with van der Waals surface area (Å²) < 4.78 is 50.6. The Bertz CT molecular complexity index is 560. The summed E-state index contributed by atoms with van der Waals surface area (Å²) in [7, 11) is -3.13. The van der Waals surface area contributed by atoms with Gasteiger partial charge in [-0.25, -0.2) is 17.2 Å². The van der Waals surface area contributed by atoms with E-state index in [1.165, 1.54) is 12.1 Å². The maximum Gasteiger partial charge on any atom is 0.162 e. The third kappa shape index (κ3) is 3.34. The molecule has 1 heterocycles. The highest BCUT2D eigenvalue weighted by Gasteiger charge is 2.34. The van der Waals surface area contributed by atoms with Crippen molar-refractivity contribution in [3.63, 3.8) is 0 Å². The summed E-state index contributed by atoms with van der Waals surface area (Å²) in [6.45, 7) is 0. The Balaban J connectivity index is 2.16. The standard InChI is InChI=1S/C13H15BrF2O2S/c14-10(12-6-1-2-7-19(12,17)18)8-9-4-3-5-11(15)13(9)16/h3-5,10,12H,1-2,6-8H2. The van der Waals surface area contributed by atoms with Gasteiger partial charge < -0.3 is 0 Å². The molecule has 106 valence electrons. The van der Waals surface area contributed by atoms with Gasteiger partial charge in [0.05, 0.1) is 11.0 Å². The van der Waals surface area contributed by atoms with E-state index in [0.717, 1.165) is 12.5 Å². The third-order valence-electron chi connectivity index (χ3n) is 3.48. The van der Waals surface area contributed by atoms with Gasteiger partial charge in [-0.15, -0.1) is 0 Å². The van der Waals surface area contributed by atoms with Gasteiger partial charge in [0.2, 0.25) is 0 Å². The van der Waals surface area contributed by atoms with Gasteiger partial charge in [-0.3, -0.25) is 0 Å². The molecule has 0 aromatic heterocycles. The molecule has 1 fully saturated rings. The molecule has 0 N–H and O–H groups in total. The van der Waals surface area contributed by atoms with Crippen LogP contribution >= 0.6 is 15.9 Å². The Morgan fingerprint density at radius 1 is 1.32 bits per heavy atom. The van der Waals surface area contributed by atoms with Crippen molar-refractivity contribution in [2.45, 2.75) is 35.8 Å². The van der Waals surface area contributed by atoms with Crippen molar-refractivity contribution in [3.8, 4) is 0 Å². The van der Waals surface area contributed by atoms with Crippen molar-refractivity contribution < 1.29 is 17.2 Å². The number of benzene rings is 1. The lowest BCUT2D eigenvalue weighted by molar-refractivity contribution is 0.493. The fourth-order valence-corrected chi connectivity index (χ4v) is 6.01. The summed E-state index contributed by atoms with van der Waals surface area (Å²) in [6.07, 6.45) is 2.30. The van der Waals surface area contributed by atoms with E-state index in [9.17, 15) is 17.2 Å². The zero-order chi connectivity index (χ0) is 14.0. The Morgan fingerprint density at radius 3 is 2.74 bits per heavy atom. The van der Waals surface area contributed by atoms with Crippen molar-refractivity contribution >= 4 is 25.8 Å². The molecule has 1 aliphatic rings. The van der Waals surface area contributed by atoms with Gasteiger partial charge in [0, 0.05) is 4.83 Å². The number of halogens is 3. The van der Waals surface area contributed by atoms with Gasteiger partial charge in [0.15, 0.2) is 21.5 Å². The second-order valence-electron chi connectivity index (χ2n) is 4.83. The van der Waals surface area contributed by atoms with Crippen LogP contribution in [0.15, 0.2) is 18.2 Å². The molecule has 2 nitrogen and oxygen atoms in total. The molecule has 0 amide bonds. The molecule has 2 unspecified atom stereocenters. The Kier molecular flexibility index (Phi) is 4.61. The summed E-state index contributed by atoms with van der Waals surface area (Å²) in [5, 5.41) is -0.510. The minimum Gasteiger partial charge on any atom is -0.229 e. The first-order valence-electron chi connectivity index (χ1n) is 6.20. The highest BCUT2D eigenvalue weighted by molar-refractivity contribution is 9.09. The molecular weight excluding hydrogens is 338 g/mol. The molecular formula is C13H15BrF2O2S. The van der Waals surface area contributed by atoms with E-state index in [1.807, 2.05) is 0 Å². The fraction of sp³-hybridized carbons (Fsp3) is 0.538. The lowest BCUT2D eigenvalue weighted by Gasteiger charge is -2.26. The van der Waals surface area contributed by atoms with E-state index in [-0.39, 0.29) is 22.6 Å². The van der Waals surface area contributed by atoms with Crippen molar-refractivity contribution in [2.24, 2.45) is 0 Å². The topological polar surface area (TPSA) is 34.1 Å². The van der Waals surface area contributed by atoms with Crippen LogP contribution in [-0.4, -0.2) is 24.2 Å². The van der Waals surface area contributed by atoms with Crippen LogP contribution in [-0.2, 0) is 16.3 Å². The highest BCUT2D eigenvalue weighted by Crippen LogP contribution is 2.29. The average molecular weight is 353 g/mol.